The van der Waals surface area contributed by atoms with Crippen molar-refractivity contribution >= 4 is 39.8 Å². The fourth-order valence-corrected chi connectivity index (χ4v) is 4.96. The van der Waals surface area contributed by atoms with E-state index >= 15 is 0 Å². The van der Waals surface area contributed by atoms with Gasteiger partial charge in [0.25, 0.3) is 5.91 Å². The monoisotopic (exact) mass is 552 g/mol. The molecule has 8 nitrogen and oxygen atoms in total. The van der Waals surface area contributed by atoms with Gasteiger partial charge in [0.1, 0.15) is 24.0 Å². The summed E-state index contributed by atoms with van der Waals surface area (Å²) in [6.07, 6.45) is 4.25. The van der Waals surface area contributed by atoms with Gasteiger partial charge in [0, 0.05) is 5.56 Å². The molecule has 0 atom stereocenters. The zero-order chi connectivity index (χ0) is 28.1. The Labute approximate surface area is 237 Å². The molecule has 0 spiro atoms. The predicted molar refractivity (Wildman–Crippen MR) is 160 cm³/mol. The van der Waals surface area contributed by atoms with E-state index in [1.807, 2.05) is 79.7 Å². The molecule has 0 aromatic heterocycles. The lowest BCUT2D eigenvalue weighted by atomic mass is 10.1. The highest BCUT2D eigenvalue weighted by atomic mass is 32.2. The van der Waals surface area contributed by atoms with Crippen LogP contribution in [0, 0.1) is 12.3 Å². The molecule has 0 radical (unpaired) electrons. The van der Waals surface area contributed by atoms with Crippen molar-refractivity contribution in [1.82, 2.24) is 5.01 Å². The number of carbonyl (C=O) groups excluding carboxylic acids is 1. The quantitative estimate of drug-likeness (QED) is 0.192. The first-order valence-corrected chi connectivity index (χ1v) is 13.5. The number of nitrogens with one attached hydrogen (secondary N) is 1. The first kappa shape index (κ1) is 27.0. The molecule has 2 aliphatic rings. The topological polar surface area (TPSA) is 96.6 Å². The molecule has 0 unspecified atom stereocenters. The van der Waals surface area contributed by atoms with Crippen molar-refractivity contribution in [2.45, 2.75) is 13.3 Å². The number of carbonyl (C=O) groups is 1. The highest BCUT2D eigenvalue weighted by Gasteiger charge is 2.36. The highest BCUT2D eigenvalue weighted by Crippen LogP contribution is 2.31. The van der Waals surface area contributed by atoms with Crippen LogP contribution in [0.15, 0.2) is 95.1 Å². The lowest BCUT2D eigenvalue weighted by molar-refractivity contribution is -0.114. The molecule has 1 N–H and O–H groups in total. The molecule has 3 aromatic carbocycles. The maximum atomic E-state index is 12.8. The number of rotatable bonds is 10. The van der Waals surface area contributed by atoms with Crippen LogP contribution < -0.4 is 14.2 Å². The van der Waals surface area contributed by atoms with Gasteiger partial charge in [0.05, 0.1) is 12.7 Å². The normalized spacial score (nSPS) is 15.4. The van der Waals surface area contributed by atoms with Crippen molar-refractivity contribution in [3.8, 4) is 17.2 Å². The van der Waals surface area contributed by atoms with E-state index in [4.69, 9.17) is 19.6 Å². The lowest BCUT2D eigenvalue weighted by Crippen LogP contribution is -2.35. The van der Waals surface area contributed by atoms with E-state index in [1.54, 1.807) is 13.2 Å². The number of ether oxygens (including phenoxy) is 3. The number of amidine groups is 2. The third-order valence-electron chi connectivity index (χ3n) is 6.16. The summed E-state index contributed by atoms with van der Waals surface area (Å²) in [6.45, 7) is 6.46. The van der Waals surface area contributed by atoms with Crippen LogP contribution >= 0.6 is 11.8 Å². The molecule has 3 aromatic rings. The molecule has 2 aliphatic heterocycles. The maximum Gasteiger partial charge on any atom is 0.283 e. The number of methoxy groups -OCH3 is 1. The molecular formula is C31H28N4O4S. The second-order valence-electron chi connectivity index (χ2n) is 9.04. The summed E-state index contributed by atoms with van der Waals surface area (Å²) < 4.78 is 17.1. The highest BCUT2D eigenvalue weighted by molar-refractivity contribution is 8.27. The molecular weight excluding hydrogens is 524 g/mol. The molecule has 2 heterocycles. The van der Waals surface area contributed by atoms with Crippen molar-refractivity contribution in [1.29, 1.82) is 5.41 Å². The minimum atomic E-state index is -0.463. The number of nitrogens with zero attached hydrogens (tertiary/aromatic N) is 3. The third-order valence-corrected chi connectivity index (χ3v) is 7.12. The molecule has 5 rings (SSSR count). The molecule has 0 saturated carbocycles. The zero-order valence-corrected chi connectivity index (χ0v) is 23.0. The number of aliphatic imine (C=N–C) groups is 1. The number of thioether (sulfide) groups is 1. The van der Waals surface area contributed by atoms with Crippen LogP contribution in [0.25, 0.3) is 6.08 Å². The summed E-state index contributed by atoms with van der Waals surface area (Å²) in [5, 5.41) is 15.6. The Bertz CT molecular complexity index is 1540. The number of benzene rings is 3. The maximum absolute atomic E-state index is 12.8. The number of fused-ring (bicyclic) bond motifs is 1. The van der Waals surface area contributed by atoms with Crippen LogP contribution in [0.2, 0.25) is 0 Å². The van der Waals surface area contributed by atoms with Gasteiger partial charge in [-0.05, 0) is 66.6 Å². The first-order chi connectivity index (χ1) is 19.4. The summed E-state index contributed by atoms with van der Waals surface area (Å²) in [5.74, 6) is 1.51. The van der Waals surface area contributed by atoms with E-state index in [2.05, 4.69) is 16.7 Å². The molecule has 202 valence electrons. The van der Waals surface area contributed by atoms with Gasteiger partial charge in [-0.15, -0.1) is 6.58 Å². The van der Waals surface area contributed by atoms with Gasteiger partial charge in [0.2, 0.25) is 5.17 Å². The number of aryl methyl sites for hydroxylation is 1. The fraction of sp³-hybridized carbons (Fsp3) is 0.161. The molecule has 0 fully saturated rings. The molecule has 0 bridgehead atoms. The van der Waals surface area contributed by atoms with Crippen molar-refractivity contribution in [3.63, 3.8) is 0 Å². The predicted octanol–water partition coefficient (Wildman–Crippen LogP) is 5.86. The molecule has 40 heavy (non-hydrogen) atoms. The molecule has 1 amide bonds. The molecule has 0 aliphatic carbocycles. The second-order valence-corrected chi connectivity index (χ2v) is 9.99. The standard InChI is InChI=1S/C31H28N4O4S/c1-4-5-21-10-15-26(27(19-21)37-3)39-17-16-38-24-13-8-22(9-14-24)18-25-28(32)35-31(33-29(25)36)40-30(34-35)23-11-6-20(2)7-12-23/h4,6-15,18-19,32H,1,5,16-17H2,2-3H3. The van der Waals surface area contributed by atoms with Crippen LogP contribution in [-0.2, 0) is 11.2 Å². The van der Waals surface area contributed by atoms with E-state index < -0.39 is 5.91 Å². The summed E-state index contributed by atoms with van der Waals surface area (Å²) in [5.41, 5.74) is 4.08. The number of hydrogen-bond acceptors (Lipinski definition) is 7. The summed E-state index contributed by atoms with van der Waals surface area (Å²) in [4.78, 5) is 16.9. The van der Waals surface area contributed by atoms with Crippen molar-refractivity contribution in [2.75, 3.05) is 20.3 Å². The van der Waals surface area contributed by atoms with Crippen LogP contribution in [0.3, 0.4) is 0 Å². The summed E-state index contributed by atoms with van der Waals surface area (Å²) in [7, 11) is 1.61. The van der Waals surface area contributed by atoms with Gasteiger partial charge in [0.15, 0.2) is 17.3 Å². The SMILES string of the molecule is C=CCc1ccc(OCCOc2ccc(C=C3C(=N)N4N=C(c5ccc(C)cc5)SC4=NC3=O)cc2)c(OC)c1. The molecule has 0 saturated heterocycles. The van der Waals surface area contributed by atoms with Crippen LogP contribution in [0.1, 0.15) is 22.3 Å². The van der Waals surface area contributed by atoms with Crippen LogP contribution in [0.5, 0.6) is 17.2 Å². The number of allylic oxidation sites excluding steroid dienone is 1. The average Bonchev–Trinajstić information content (AvgIpc) is 3.39. The van der Waals surface area contributed by atoms with Gasteiger partial charge in [-0.25, -0.2) is 0 Å². The number of amides is 1. The van der Waals surface area contributed by atoms with E-state index in [1.165, 1.54) is 16.8 Å². The Morgan fingerprint density at radius 1 is 1.00 bits per heavy atom. The van der Waals surface area contributed by atoms with E-state index in [9.17, 15) is 4.79 Å². The van der Waals surface area contributed by atoms with Crippen LogP contribution in [-0.4, -0.2) is 47.3 Å². The number of hydrazone groups is 1. The van der Waals surface area contributed by atoms with Crippen molar-refractivity contribution < 1.29 is 19.0 Å². The smallest absolute Gasteiger partial charge is 0.283 e. The van der Waals surface area contributed by atoms with Crippen LogP contribution in [0.4, 0.5) is 0 Å². The Morgan fingerprint density at radius 2 is 1.75 bits per heavy atom. The summed E-state index contributed by atoms with van der Waals surface area (Å²) in [6, 6.07) is 21.0. The lowest BCUT2D eigenvalue weighted by Gasteiger charge is -2.20. The Hall–Kier alpha value is -4.63. The Morgan fingerprint density at radius 3 is 2.48 bits per heavy atom. The average molecular weight is 553 g/mol. The minimum absolute atomic E-state index is 0.00459. The number of hydrogen-bond donors (Lipinski definition) is 1. The fourth-order valence-electron chi connectivity index (χ4n) is 4.07. The van der Waals surface area contributed by atoms with E-state index in [0.717, 1.165) is 28.7 Å². The summed E-state index contributed by atoms with van der Waals surface area (Å²) >= 11 is 1.28. The third kappa shape index (κ3) is 6.00. The Kier molecular flexibility index (Phi) is 8.12. The Balaban J connectivity index is 1.19. The second kappa shape index (κ2) is 12.0. The van der Waals surface area contributed by atoms with Crippen molar-refractivity contribution in [3.05, 3.63) is 107 Å². The van der Waals surface area contributed by atoms with Crippen molar-refractivity contribution in [2.24, 2.45) is 10.1 Å². The first-order valence-electron chi connectivity index (χ1n) is 12.7. The van der Waals surface area contributed by atoms with E-state index in [0.29, 0.717) is 40.7 Å². The van der Waals surface area contributed by atoms with Gasteiger partial charge in [-0.3, -0.25) is 10.2 Å². The zero-order valence-electron chi connectivity index (χ0n) is 22.2. The minimum Gasteiger partial charge on any atom is -0.493 e. The van der Waals surface area contributed by atoms with Gasteiger partial charge in [-0.1, -0.05) is 54.1 Å². The van der Waals surface area contributed by atoms with E-state index in [-0.39, 0.29) is 11.4 Å². The largest absolute Gasteiger partial charge is 0.493 e. The van der Waals surface area contributed by atoms with Gasteiger partial charge >= 0.3 is 0 Å². The van der Waals surface area contributed by atoms with Gasteiger partial charge in [-0.2, -0.15) is 15.1 Å². The molecule has 9 heteroatoms. The van der Waals surface area contributed by atoms with Gasteiger partial charge < -0.3 is 14.2 Å².